The number of nitrogens with two attached hydrogens (primary N) is 2. The topological polar surface area (TPSA) is 433 Å². The SMILES string of the molecule is CCCCCCCCCCCCNCC(O)C1OC(OC(CO)C(O)C2OC(OC(CO)C(O)C3OC(O)(C(=O)O)CC(O)C3NC(C)=O)(C(=O)O)CC(O)[C@H]2N)(C(=O)O)CC(O)C1N. The number of carboxylic acids is 3. The number of rotatable bonds is 28. The van der Waals surface area contributed by atoms with Crippen molar-refractivity contribution in [3.05, 3.63) is 0 Å². The zero-order valence-electron chi connectivity index (χ0n) is 36.8. The van der Waals surface area contributed by atoms with Gasteiger partial charge < -0.3 is 107 Å². The maximum atomic E-state index is 12.9. The Hall–Kier alpha value is -2.80. The lowest BCUT2D eigenvalue weighted by Crippen LogP contribution is -2.70. The van der Waals surface area contributed by atoms with E-state index in [-0.39, 0.29) is 6.54 Å². The summed E-state index contributed by atoms with van der Waals surface area (Å²) in [5.74, 6) is -16.1. The van der Waals surface area contributed by atoms with Crippen LogP contribution in [0.25, 0.3) is 0 Å². The first-order valence-corrected chi connectivity index (χ1v) is 22.1. The van der Waals surface area contributed by atoms with Gasteiger partial charge in [0.05, 0.1) is 55.8 Å². The number of unbranched alkanes of at least 4 members (excludes halogenated alkanes) is 9. The molecule has 3 aliphatic heterocycles. The fourth-order valence-electron chi connectivity index (χ4n) is 8.37. The molecule has 0 aromatic rings. The summed E-state index contributed by atoms with van der Waals surface area (Å²) in [4.78, 5) is 49.6. The summed E-state index contributed by atoms with van der Waals surface area (Å²) in [6.45, 7) is 0.900. The average Bonchev–Trinajstić information content (AvgIpc) is 3.24. The molecule has 1 amide bonds. The molecule has 0 radical (unpaired) electrons. The first-order chi connectivity index (χ1) is 30.5. The van der Waals surface area contributed by atoms with Gasteiger partial charge in [-0.15, -0.1) is 0 Å². The summed E-state index contributed by atoms with van der Waals surface area (Å²) in [5, 5.41) is 134. The highest BCUT2D eigenvalue weighted by molar-refractivity contribution is 5.77. The number of aliphatic carboxylic acids is 3. The zero-order valence-corrected chi connectivity index (χ0v) is 36.8. The lowest BCUT2D eigenvalue weighted by Gasteiger charge is -2.49. The summed E-state index contributed by atoms with van der Waals surface area (Å²) >= 11 is 0. The number of nitrogens with one attached hydrogen (secondary N) is 2. The molecule has 0 aliphatic carbocycles. The van der Waals surface area contributed by atoms with Gasteiger partial charge in [0.1, 0.15) is 42.7 Å². The Labute approximate surface area is 375 Å². The summed E-state index contributed by atoms with van der Waals surface area (Å²) in [7, 11) is 0. The second-order valence-electron chi connectivity index (χ2n) is 17.3. The molecular weight excluding hydrogens is 872 g/mol. The van der Waals surface area contributed by atoms with Crippen LogP contribution in [0.5, 0.6) is 0 Å². The van der Waals surface area contributed by atoms with E-state index in [1.165, 1.54) is 32.1 Å². The molecule has 65 heavy (non-hydrogen) atoms. The molecule has 16 unspecified atom stereocenters. The van der Waals surface area contributed by atoms with Gasteiger partial charge in [0.2, 0.25) is 5.91 Å². The van der Waals surface area contributed by atoms with Crippen LogP contribution in [0.3, 0.4) is 0 Å². The molecule has 0 aromatic carbocycles. The van der Waals surface area contributed by atoms with Crippen LogP contribution in [0.1, 0.15) is 97.3 Å². The Morgan fingerprint density at radius 2 is 1.11 bits per heavy atom. The fraction of sp³-hybridized carbons (Fsp3) is 0.900. The summed E-state index contributed by atoms with van der Waals surface area (Å²) < 4.78 is 27.7. The molecule has 378 valence electrons. The minimum Gasteiger partial charge on any atom is -0.477 e. The van der Waals surface area contributed by atoms with Crippen LogP contribution in [-0.2, 0) is 42.9 Å². The Bertz CT molecular complexity index is 1520. The molecule has 3 rings (SSSR count). The number of aliphatic hydroxyl groups is 9. The normalized spacial score (nSPS) is 35.4. The van der Waals surface area contributed by atoms with E-state index in [1.54, 1.807) is 0 Å². The molecule has 0 saturated carbocycles. The van der Waals surface area contributed by atoms with Crippen molar-refractivity contribution in [2.24, 2.45) is 11.5 Å². The van der Waals surface area contributed by atoms with E-state index < -0.39 is 159 Å². The first-order valence-electron chi connectivity index (χ1n) is 22.1. The molecule has 3 saturated heterocycles. The molecule has 3 heterocycles. The van der Waals surface area contributed by atoms with Crippen molar-refractivity contribution in [1.29, 1.82) is 0 Å². The minimum atomic E-state index is -3.19. The standard InChI is InChI=1S/C40H72N4O21/c1-3-4-5-6-7-8-9-10-11-12-13-43-17-24(51)32-27(41)21(48)15-39(64-32,36(56)57)61-25(18-45)30(52)33-28(42)22(49)16-40(65-33,37(58)59)62-26(19-46)31(53)34-29(44-20(2)47)23(50)14-38(60,63-34)35(54)55/h21-34,43,45-46,48-53,60H,3-19,41-42H2,1-2H3,(H,44,47)(H,54,55)(H,56,57)(H,58,59)/t21?,22?,23?,24?,25?,26?,27?,28-,29?,30?,31?,32?,33?,34?,38?,39?,40?/m1/s1. The van der Waals surface area contributed by atoms with Crippen molar-refractivity contribution in [2.75, 3.05) is 26.3 Å². The lowest BCUT2D eigenvalue weighted by atomic mass is 9.87. The molecule has 0 aromatic heterocycles. The van der Waals surface area contributed by atoms with E-state index in [0.717, 1.165) is 39.0 Å². The van der Waals surface area contributed by atoms with Crippen LogP contribution < -0.4 is 22.1 Å². The van der Waals surface area contributed by atoms with Gasteiger partial charge in [0.15, 0.2) is 0 Å². The molecule has 3 fully saturated rings. The van der Waals surface area contributed by atoms with Crippen LogP contribution in [-0.4, -0.2) is 214 Å². The van der Waals surface area contributed by atoms with Gasteiger partial charge in [0, 0.05) is 32.7 Å². The second kappa shape index (κ2) is 25.5. The van der Waals surface area contributed by atoms with Crippen LogP contribution in [0.4, 0.5) is 0 Å². The van der Waals surface area contributed by atoms with Gasteiger partial charge in [-0.25, -0.2) is 14.4 Å². The van der Waals surface area contributed by atoms with E-state index in [0.29, 0.717) is 6.54 Å². The third-order valence-corrected chi connectivity index (χ3v) is 12.1. The number of ether oxygens (including phenoxy) is 5. The van der Waals surface area contributed by atoms with E-state index in [2.05, 4.69) is 17.6 Å². The molecule has 18 N–H and O–H groups in total. The largest absolute Gasteiger partial charge is 0.477 e. The van der Waals surface area contributed by atoms with Crippen molar-refractivity contribution in [1.82, 2.24) is 10.6 Å². The van der Waals surface area contributed by atoms with Crippen molar-refractivity contribution >= 4 is 23.8 Å². The van der Waals surface area contributed by atoms with Gasteiger partial charge >= 0.3 is 17.9 Å². The van der Waals surface area contributed by atoms with Crippen molar-refractivity contribution in [2.45, 2.75) is 200 Å². The third kappa shape index (κ3) is 14.6. The van der Waals surface area contributed by atoms with Crippen LogP contribution in [0, 0.1) is 0 Å². The van der Waals surface area contributed by atoms with Gasteiger partial charge in [-0.2, -0.15) is 0 Å². The van der Waals surface area contributed by atoms with E-state index in [9.17, 15) is 80.5 Å². The third-order valence-electron chi connectivity index (χ3n) is 12.1. The number of carbonyl (C=O) groups is 4. The number of hydrogen-bond donors (Lipinski definition) is 16. The average molecular weight is 945 g/mol. The number of hydrogen-bond acceptors (Lipinski definition) is 21. The molecule has 25 nitrogen and oxygen atoms in total. The monoisotopic (exact) mass is 944 g/mol. The van der Waals surface area contributed by atoms with Gasteiger partial charge in [-0.05, 0) is 13.0 Å². The van der Waals surface area contributed by atoms with E-state index in [4.69, 9.17) is 35.2 Å². The van der Waals surface area contributed by atoms with Crippen molar-refractivity contribution in [3.8, 4) is 0 Å². The molecule has 3 aliphatic rings. The van der Waals surface area contributed by atoms with Crippen LogP contribution in [0.2, 0.25) is 0 Å². The number of carbonyl (C=O) groups excluding carboxylic acids is 1. The smallest absolute Gasteiger partial charge is 0.364 e. The summed E-state index contributed by atoms with van der Waals surface area (Å²) in [6, 6.07) is -4.79. The van der Waals surface area contributed by atoms with E-state index >= 15 is 0 Å². The Morgan fingerprint density at radius 3 is 1.55 bits per heavy atom. The molecule has 0 bridgehead atoms. The quantitative estimate of drug-likeness (QED) is 0.0328. The maximum absolute atomic E-state index is 12.9. The van der Waals surface area contributed by atoms with Crippen LogP contribution >= 0.6 is 0 Å². The van der Waals surface area contributed by atoms with Gasteiger partial charge in [-0.1, -0.05) is 64.7 Å². The Balaban J connectivity index is 1.78. The lowest BCUT2D eigenvalue weighted by molar-refractivity contribution is -0.353. The van der Waals surface area contributed by atoms with Gasteiger partial charge in [-0.3, -0.25) is 4.79 Å². The van der Waals surface area contributed by atoms with Crippen molar-refractivity contribution < 1.29 is 104 Å². The Morgan fingerprint density at radius 1 is 0.662 bits per heavy atom. The minimum absolute atomic E-state index is 0.143. The van der Waals surface area contributed by atoms with Crippen LogP contribution in [0.15, 0.2) is 0 Å². The molecular formula is C40H72N4O21. The highest BCUT2D eigenvalue weighted by Gasteiger charge is 2.60. The fourth-order valence-corrected chi connectivity index (χ4v) is 8.37. The first kappa shape index (κ1) is 56.5. The number of aliphatic hydroxyl groups excluding tert-OH is 8. The predicted octanol–water partition coefficient (Wildman–Crippen LogP) is -4.72. The summed E-state index contributed by atoms with van der Waals surface area (Å²) in [6.07, 6.45) is -14.1. The number of carboxylic acid groups (broad SMARTS) is 3. The molecule has 25 heteroatoms. The van der Waals surface area contributed by atoms with Gasteiger partial charge in [0.25, 0.3) is 17.4 Å². The highest BCUT2D eigenvalue weighted by Crippen LogP contribution is 2.39. The summed E-state index contributed by atoms with van der Waals surface area (Å²) in [5.41, 5.74) is 12.3. The Kier molecular flexibility index (Phi) is 22.2. The van der Waals surface area contributed by atoms with Crippen molar-refractivity contribution in [3.63, 3.8) is 0 Å². The predicted molar refractivity (Wildman–Crippen MR) is 220 cm³/mol. The molecule has 17 atom stereocenters. The zero-order chi connectivity index (χ0) is 48.9. The maximum Gasteiger partial charge on any atom is 0.364 e. The highest BCUT2D eigenvalue weighted by atomic mass is 16.8. The second-order valence-corrected chi connectivity index (χ2v) is 17.3. The number of amides is 1. The molecule has 0 spiro atoms. The van der Waals surface area contributed by atoms with E-state index in [1.807, 2.05) is 0 Å².